The van der Waals surface area contributed by atoms with Gasteiger partial charge in [0.05, 0.1) is 0 Å². The van der Waals surface area contributed by atoms with Crippen LogP contribution in [0.3, 0.4) is 0 Å². The van der Waals surface area contributed by atoms with Gasteiger partial charge in [-0.25, -0.2) is 0 Å². The Hall–Kier alpha value is -0.860. The summed E-state index contributed by atoms with van der Waals surface area (Å²) < 4.78 is 5.33. The Labute approximate surface area is 129 Å². The lowest BCUT2D eigenvalue weighted by Gasteiger charge is -2.37. The molecule has 0 spiro atoms. The van der Waals surface area contributed by atoms with Crippen molar-refractivity contribution in [1.29, 1.82) is 0 Å². The number of hydrogen-bond donors (Lipinski definition) is 0. The van der Waals surface area contributed by atoms with E-state index in [0.29, 0.717) is 11.3 Å². The molecule has 1 aliphatic rings. The van der Waals surface area contributed by atoms with E-state index in [0.717, 1.165) is 25.7 Å². The Kier molecular flexibility index (Phi) is 5.63. The quantitative estimate of drug-likeness (QED) is 0.573. The van der Waals surface area contributed by atoms with Gasteiger partial charge in [-0.15, -0.1) is 0 Å². The second kappa shape index (κ2) is 6.50. The van der Waals surface area contributed by atoms with Gasteiger partial charge in [-0.05, 0) is 64.7 Å². The molecule has 0 aromatic heterocycles. The topological polar surface area (TPSA) is 43.4 Å². The molecule has 1 fully saturated rings. The summed E-state index contributed by atoms with van der Waals surface area (Å²) in [5.74, 6) is -0.244. The average molecular weight is 296 g/mol. The number of carbonyl (C=O) groups excluding carboxylic acids is 2. The van der Waals surface area contributed by atoms with Gasteiger partial charge in [-0.1, -0.05) is 20.8 Å². The molecule has 1 rings (SSSR count). The molecule has 0 aromatic rings. The SMILES string of the molecule is CC(C(=O)OC(C)(C)C)C(=O)C1CCC(C(C)(C)C)CC1. The molecule has 0 saturated heterocycles. The fourth-order valence-corrected chi connectivity index (χ4v) is 3.10. The van der Waals surface area contributed by atoms with Crippen LogP contribution in [0, 0.1) is 23.2 Å². The molecule has 0 heterocycles. The Bertz CT molecular complexity index is 376. The summed E-state index contributed by atoms with van der Waals surface area (Å²) in [6, 6.07) is 0. The smallest absolute Gasteiger partial charge is 0.316 e. The van der Waals surface area contributed by atoms with E-state index in [9.17, 15) is 9.59 Å². The lowest BCUT2D eigenvalue weighted by atomic mass is 9.68. The monoisotopic (exact) mass is 296 g/mol. The molecule has 0 radical (unpaired) electrons. The van der Waals surface area contributed by atoms with Crippen LogP contribution in [-0.2, 0) is 14.3 Å². The highest BCUT2D eigenvalue weighted by Crippen LogP contribution is 2.40. The molecule has 1 saturated carbocycles. The number of hydrogen-bond acceptors (Lipinski definition) is 3. The molecule has 0 aliphatic heterocycles. The molecular weight excluding hydrogens is 264 g/mol. The molecule has 0 bridgehead atoms. The Morgan fingerprint density at radius 3 is 1.81 bits per heavy atom. The van der Waals surface area contributed by atoms with Crippen molar-refractivity contribution in [2.45, 2.75) is 79.8 Å². The maximum absolute atomic E-state index is 12.5. The van der Waals surface area contributed by atoms with Gasteiger partial charge < -0.3 is 4.74 Å². The van der Waals surface area contributed by atoms with Crippen molar-refractivity contribution in [3.05, 3.63) is 0 Å². The van der Waals surface area contributed by atoms with E-state index < -0.39 is 11.5 Å². The lowest BCUT2D eigenvalue weighted by Crippen LogP contribution is -2.36. The largest absolute Gasteiger partial charge is 0.459 e. The third kappa shape index (κ3) is 5.44. The van der Waals surface area contributed by atoms with Gasteiger partial charge in [0, 0.05) is 5.92 Å². The minimum Gasteiger partial charge on any atom is -0.459 e. The first-order valence-electron chi connectivity index (χ1n) is 8.18. The Morgan fingerprint density at radius 2 is 1.43 bits per heavy atom. The van der Waals surface area contributed by atoms with Gasteiger partial charge in [0.2, 0.25) is 0 Å². The molecule has 3 heteroatoms. The van der Waals surface area contributed by atoms with Crippen LogP contribution in [0.1, 0.15) is 74.1 Å². The average Bonchev–Trinajstić information content (AvgIpc) is 2.34. The second-order valence-corrected chi connectivity index (χ2v) is 8.57. The highest BCUT2D eigenvalue weighted by Gasteiger charge is 2.36. The molecule has 21 heavy (non-hydrogen) atoms. The summed E-state index contributed by atoms with van der Waals surface area (Å²) >= 11 is 0. The van der Waals surface area contributed by atoms with E-state index in [1.165, 1.54) is 0 Å². The van der Waals surface area contributed by atoms with Gasteiger partial charge in [0.1, 0.15) is 17.3 Å². The fraction of sp³-hybridized carbons (Fsp3) is 0.889. The number of rotatable bonds is 3. The van der Waals surface area contributed by atoms with Crippen molar-refractivity contribution < 1.29 is 14.3 Å². The van der Waals surface area contributed by atoms with E-state index in [4.69, 9.17) is 4.74 Å². The van der Waals surface area contributed by atoms with Crippen molar-refractivity contribution in [2.75, 3.05) is 0 Å². The predicted molar refractivity (Wildman–Crippen MR) is 84.9 cm³/mol. The van der Waals surface area contributed by atoms with Gasteiger partial charge >= 0.3 is 5.97 Å². The second-order valence-electron chi connectivity index (χ2n) is 8.57. The summed E-state index contributed by atoms with van der Waals surface area (Å²) in [5.41, 5.74) is -0.222. The summed E-state index contributed by atoms with van der Waals surface area (Å²) in [7, 11) is 0. The van der Waals surface area contributed by atoms with Crippen molar-refractivity contribution in [1.82, 2.24) is 0 Å². The van der Waals surface area contributed by atoms with Crippen LogP contribution in [0.2, 0.25) is 0 Å². The van der Waals surface area contributed by atoms with Crippen molar-refractivity contribution >= 4 is 11.8 Å². The normalized spacial score (nSPS) is 25.3. The molecule has 1 aliphatic carbocycles. The fourth-order valence-electron chi connectivity index (χ4n) is 3.10. The predicted octanol–water partition coefficient (Wildman–Crippen LogP) is 4.39. The van der Waals surface area contributed by atoms with Crippen molar-refractivity contribution in [3.8, 4) is 0 Å². The first kappa shape index (κ1) is 18.2. The van der Waals surface area contributed by atoms with Crippen LogP contribution in [0.15, 0.2) is 0 Å². The zero-order valence-corrected chi connectivity index (χ0v) is 14.8. The van der Waals surface area contributed by atoms with Gasteiger partial charge in [0.25, 0.3) is 0 Å². The molecule has 0 amide bonds. The van der Waals surface area contributed by atoms with Crippen LogP contribution >= 0.6 is 0 Å². The summed E-state index contributed by atoms with van der Waals surface area (Å²) in [4.78, 5) is 24.5. The molecule has 1 unspecified atom stereocenters. The molecule has 122 valence electrons. The summed E-state index contributed by atoms with van der Waals surface area (Å²) in [6.07, 6.45) is 3.99. The Balaban J connectivity index is 2.56. The number of esters is 1. The molecule has 0 N–H and O–H groups in total. The molecular formula is C18H32O3. The third-order valence-corrected chi connectivity index (χ3v) is 4.54. The third-order valence-electron chi connectivity index (χ3n) is 4.54. The van der Waals surface area contributed by atoms with Gasteiger partial charge in [0.15, 0.2) is 0 Å². The zero-order valence-electron chi connectivity index (χ0n) is 14.8. The highest BCUT2D eigenvalue weighted by atomic mass is 16.6. The zero-order chi connectivity index (χ0) is 16.4. The van der Waals surface area contributed by atoms with Crippen LogP contribution in [0.4, 0.5) is 0 Å². The molecule has 0 aromatic carbocycles. The summed E-state index contributed by atoms with van der Waals surface area (Å²) in [6.45, 7) is 14.0. The van der Waals surface area contributed by atoms with E-state index in [2.05, 4.69) is 20.8 Å². The van der Waals surface area contributed by atoms with Gasteiger partial charge in [-0.3, -0.25) is 9.59 Å². The minimum absolute atomic E-state index is 0.0334. The van der Waals surface area contributed by atoms with E-state index in [1.54, 1.807) is 6.92 Å². The van der Waals surface area contributed by atoms with Crippen LogP contribution in [0.25, 0.3) is 0 Å². The number of Topliss-reactive ketones (excluding diaryl/α,β-unsaturated/α-hetero) is 1. The first-order valence-corrected chi connectivity index (χ1v) is 8.18. The van der Waals surface area contributed by atoms with E-state index in [1.807, 2.05) is 20.8 Å². The van der Waals surface area contributed by atoms with E-state index >= 15 is 0 Å². The van der Waals surface area contributed by atoms with Crippen LogP contribution < -0.4 is 0 Å². The Morgan fingerprint density at radius 1 is 0.952 bits per heavy atom. The standard InChI is InChI=1S/C18H32O3/c1-12(16(20)21-18(5,6)7)15(19)13-8-10-14(11-9-13)17(2,3)4/h12-14H,8-11H2,1-7H3. The van der Waals surface area contributed by atoms with E-state index in [-0.39, 0.29) is 17.7 Å². The maximum Gasteiger partial charge on any atom is 0.316 e. The van der Waals surface area contributed by atoms with Crippen LogP contribution in [0.5, 0.6) is 0 Å². The number of ketones is 1. The van der Waals surface area contributed by atoms with Crippen molar-refractivity contribution in [2.24, 2.45) is 23.2 Å². The van der Waals surface area contributed by atoms with Gasteiger partial charge in [-0.2, -0.15) is 0 Å². The maximum atomic E-state index is 12.5. The first-order chi connectivity index (χ1) is 9.42. The summed E-state index contributed by atoms with van der Waals surface area (Å²) in [5, 5.41) is 0. The number of carbonyl (C=O) groups is 2. The highest BCUT2D eigenvalue weighted by molar-refractivity contribution is 5.99. The van der Waals surface area contributed by atoms with Crippen molar-refractivity contribution in [3.63, 3.8) is 0 Å². The minimum atomic E-state index is -0.639. The lowest BCUT2D eigenvalue weighted by molar-refractivity contribution is -0.162. The van der Waals surface area contributed by atoms with Crippen LogP contribution in [-0.4, -0.2) is 17.4 Å². The molecule has 1 atom stereocenters. The molecule has 3 nitrogen and oxygen atoms in total. The number of ether oxygens (including phenoxy) is 1.